The van der Waals surface area contributed by atoms with Crippen LogP contribution in [-0.2, 0) is 26.8 Å². The maximum atomic E-state index is 12.2. The van der Waals surface area contributed by atoms with Crippen LogP contribution in [0.25, 0.3) is 0 Å². The Kier molecular flexibility index (Phi) is 7.66. The number of rotatable bonds is 8. The van der Waals surface area contributed by atoms with Gasteiger partial charge in [-0.2, -0.15) is 0 Å². The first kappa shape index (κ1) is 23.9. The number of amides is 1. The van der Waals surface area contributed by atoms with E-state index in [1.54, 1.807) is 24.3 Å². The van der Waals surface area contributed by atoms with Gasteiger partial charge in [0.05, 0.1) is 12.3 Å². The van der Waals surface area contributed by atoms with Crippen LogP contribution in [0.4, 0.5) is 0 Å². The molecule has 0 bridgehead atoms. The predicted molar refractivity (Wildman–Crippen MR) is 120 cm³/mol. The van der Waals surface area contributed by atoms with Gasteiger partial charge in [0.25, 0.3) is 5.91 Å². The average molecular weight is 433 g/mol. The molecule has 0 heterocycles. The summed E-state index contributed by atoms with van der Waals surface area (Å²) in [5, 5.41) is 2.94. The molecule has 0 aliphatic rings. The van der Waals surface area contributed by atoms with E-state index in [2.05, 4.69) is 38.2 Å². The Labute approximate surface area is 180 Å². The highest BCUT2D eigenvalue weighted by Crippen LogP contribution is 2.24. The smallest absolute Gasteiger partial charge is 0.258 e. The third kappa shape index (κ3) is 7.15. The van der Waals surface area contributed by atoms with Crippen molar-refractivity contribution in [3.05, 3.63) is 65.2 Å². The summed E-state index contributed by atoms with van der Waals surface area (Å²) in [6.45, 7) is 8.64. The molecule has 164 valence electrons. The maximum Gasteiger partial charge on any atom is 0.258 e. The van der Waals surface area contributed by atoms with Crippen molar-refractivity contribution >= 4 is 15.9 Å². The lowest BCUT2D eigenvalue weighted by atomic mass is 9.86. The molecule has 0 saturated carbocycles. The van der Waals surface area contributed by atoms with Gasteiger partial charge in [-0.3, -0.25) is 4.79 Å². The van der Waals surface area contributed by atoms with Gasteiger partial charge in [0.2, 0.25) is 10.0 Å². The number of ether oxygens (including phenoxy) is 1. The number of hydrogen-bond donors (Lipinski definition) is 1. The summed E-state index contributed by atoms with van der Waals surface area (Å²) < 4.78 is 29.8. The first-order valence-electron chi connectivity index (χ1n) is 9.89. The number of sulfonamides is 1. The van der Waals surface area contributed by atoms with Gasteiger partial charge in [-0.05, 0) is 41.2 Å². The van der Waals surface area contributed by atoms with Crippen LogP contribution in [0.1, 0.15) is 50.4 Å². The zero-order valence-corrected chi connectivity index (χ0v) is 19.4. The number of benzene rings is 2. The highest BCUT2D eigenvalue weighted by atomic mass is 32.2. The fourth-order valence-corrected chi connectivity index (χ4v) is 3.24. The molecule has 2 aromatic carbocycles. The van der Waals surface area contributed by atoms with Gasteiger partial charge >= 0.3 is 0 Å². The molecule has 7 heteroatoms. The van der Waals surface area contributed by atoms with Crippen LogP contribution in [0.5, 0.6) is 5.75 Å². The van der Waals surface area contributed by atoms with Gasteiger partial charge in [0.1, 0.15) is 5.75 Å². The Bertz CT molecular complexity index is 946. The van der Waals surface area contributed by atoms with Crippen LogP contribution in [0.2, 0.25) is 0 Å². The third-order valence-corrected chi connectivity index (χ3v) is 6.18. The van der Waals surface area contributed by atoms with E-state index in [9.17, 15) is 13.2 Å². The fraction of sp³-hybridized carbons (Fsp3) is 0.435. The van der Waals surface area contributed by atoms with Crippen LogP contribution in [0, 0.1) is 0 Å². The summed E-state index contributed by atoms with van der Waals surface area (Å²) in [6.07, 6.45) is 1.17. The zero-order valence-electron chi connectivity index (χ0n) is 18.6. The van der Waals surface area contributed by atoms with Gasteiger partial charge in [0, 0.05) is 13.6 Å². The molecule has 0 saturated heterocycles. The van der Waals surface area contributed by atoms with E-state index >= 15 is 0 Å². The van der Waals surface area contributed by atoms with Crippen molar-refractivity contribution in [2.24, 2.45) is 0 Å². The van der Waals surface area contributed by atoms with E-state index in [0.29, 0.717) is 5.75 Å². The molecule has 0 radical (unpaired) electrons. The van der Waals surface area contributed by atoms with Crippen LogP contribution in [0.3, 0.4) is 0 Å². The van der Waals surface area contributed by atoms with Crippen LogP contribution >= 0.6 is 0 Å². The van der Waals surface area contributed by atoms with Crippen molar-refractivity contribution in [3.8, 4) is 5.75 Å². The second kappa shape index (κ2) is 9.62. The van der Waals surface area contributed by atoms with Crippen molar-refractivity contribution in [2.45, 2.75) is 45.7 Å². The monoisotopic (exact) mass is 432 g/mol. The molecule has 0 spiro atoms. The van der Waals surface area contributed by atoms with Gasteiger partial charge in [0.15, 0.2) is 6.61 Å². The Morgan fingerprint density at radius 3 is 2.13 bits per heavy atom. The molecule has 0 aliphatic heterocycles. The van der Waals surface area contributed by atoms with E-state index in [1.165, 1.54) is 23.2 Å². The van der Waals surface area contributed by atoms with Crippen molar-refractivity contribution < 1.29 is 17.9 Å². The van der Waals surface area contributed by atoms with Gasteiger partial charge < -0.3 is 10.1 Å². The van der Waals surface area contributed by atoms with E-state index in [4.69, 9.17) is 4.74 Å². The Hall–Kier alpha value is -2.38. The van der Waals surface area contributed by atoms with Crippen LogP contribution in [0.15, 0.2) is 48.5 Å². The maximum absolute atomic E-state index is 12.2. The molecular weight excluding hydrogens is 400 g/mol. The highest BCUT2D eigenvalue weighted by Gasteiger charge is 2.15. The van der Waals surface area contributed by atoms with Crippen molar-refractivity contribution in [3.63, 3.8) is 0 Å². The normalized spacial score (nSPS) is 13.2. The number of nitrogens with zero attached hydrogens (tertiary/aromatic N) is 1. The standard InChI is InChI=1S/C23H32N2O4S/c1-17(19-9-11-20(12-10-19)23(2,3)4)24-22(26)16-29-21-13-7-18(8-14-21)15-25(5)30(6,27)28/h7-14,17H,15-16H2,1-6H3,(H,24,26)/t17-/m0/s1. The molecule has 1 atom stereocenters. The molecule has 0 fully saturated rings. The molecule has 2 aromatic rings. The molecule has 0 aliphatic carbocycles. The Morgan fingerprint density at radius 1 is 1.07 bits per heavy atom. The molecule has 6 nitrogen and oxygen atoms in total. The quantitative estimate of drug-likeness (QED) is 0.691. The van der Waals surface area contributed by atoms with Gasteiger partial charge in [-0.15, -0.1) is 0 Å². The molecule has 30 heavy (non-hydrogen) atoms. The topological polar surface area (TPSA) is 75.7 Å². The molecular formula is C23H32N2O4S. The lowest BCUT2D eigenvalue weighted by Crippen LogP contribution is -2.31. The minimum Gasteiger partial charge on any atom is -0.484 e. The van der Waals surface area contributed by atoms with Crippen molar-refractivity contribution in [2.75, 3.05) is 19.9 Å². The summed E-state index contributed by atoms with van der Waals surface area (Å²) in [6, 6.07) is 15.2. The third-order valence-electron chi connectivity index (χ3n) is 4.92. The number of nitrogens with one attached hydrogen (secondary N) is 1. The van der Waals surface area contributed by atoms with Crippen molar-refractivity contribution in [1.29, 1.82) is 0 Å². The second-order valence-corrected chi connectivity index (χ2v) is 10.7. The molecule has 2 rings (SSSR count). The highest BCUT2D eigenvalue weighted by molar-refractivity contribution is 7.88. The van der Waals surface area contributed by atoms with E-state index in [1.807, 2.05) is 19.1 Å². The predicted octanol–water partition coefficient (Wildman–Crippen LogP) is 3.63. The minimum atomic E-state index is -3.23. The van der Waals surface area contributed by atoms with Crippen LogP contribution in [-0.4, -0.2) is 38.5 Å². The van der Waals surface area contributed by atoms with Gasteiger partial charge in [-0.1, -0.05) is 57.2 Å². The Balaban J connectivity index is 1.85. The first-order chi connectivity index (χ1) is 13.9. The first-order valence-corrected chi connectivity index (χ1v) is 11.7. The fourth-order valence-electron chi connectivity index (χ4n) is 2.85. The summed E-state index contributed by atoms with van der Waals surface area (Å²) in [7, 11) is -1.70. The minimum absolute atomic E-state index is 0.0903. The molecule has 0 unspecified atom stereocenters. The lowest BCUT2D eigenvalue weighted by Gasteiger charge is -2.20. The van der Waals surface area contributed by atoms with Crippen molar-refractivity contribution in [1.82, 2.24) is 9.62 Å². The Morgan fingerprint density at radius 2 is 1.63 bits per heavy atom. The lowest BCUT2D eigenvalue weighted by molar-refractivity contribution is -0.123. The van der Waals surface area contributed by atoms with Gasteiger partial charge in [-0.25, -0.2) is 12.7 Å². The van der Waals surface area contributed by atoms with Crippen LogP contribution < -0.4 is 10.1 Å². The molecule has 1 amide bonds. The van der Waals surface area contributed by atoms with E-state index in [-0.39, 0.29) is 30.5 Å². The molecule has 1 N–H and O–H groups in total. The summed E-state index contributed by atoms with van der Waals surface area (Å²) in [4.78, 5) is 12.2. The summed E-state index contributed by atoms with van der Waals surface area (Å²) in [5.74, 6) is 0.348. The number of carbonyl (C=O) groups excluding carboxylic acids is 1. The second-order valence-electron chi connectivity index (χ2n) is 8.61. The number of carbonyl (C=O) groups is 1. The average Bonchev–Trinajstić information content (AvgIpc) is 2.66. The summed E-state index contributed by atoms with van der Waals surface area (Å²) in [5.41, 5.74) is 3.22. The SMILES string of the molecule is C[C@H](NC(=O)COc1ccc(CN(C)S(C)(=O)=O)cc1)c1ccc(C(C)(C)C)cc1. The zero-order chi connectivity index (χ0) is 22.5. The number of hydrogen-bond acceptors (Lipinski definition) is 4. The largest absolute Gasteiger partial charge is 0.484 e. The van der Waals surface area contributed by atoms with E-state index in [0.717, 1.165) is 11.1 Å². The molecule has 0 aromatic heterocycles. The van der Waals surface area contributed by atoms with E-state index < -0.39 is 10.0 Å². The summed E-state index contributed by atoms with van der Waals surface area (Å²) >= 11 is 0.